The lowest BCUT2D eigenvalue weighted by Crippen LogP contribution is -2.30. The Kier molecular flexibility index (Phi) is 7.00. The van der Waals surface area contributed by atoms with Gasteiger partial charge in [-0.25, -0.2) is 13.1 Å². The van der Waals surface area contributed by atoms with Gasteiger partial charge in [0.15, 0.2) is 0 Å². The van der Waals surface area contributed by atoms with E-state index in [4.69, 9.17) is 27.9 Å². The van der Waals surface area contributed by atoms with Gasteiger partial charge in [0.25, 0.3) is 0 Å². The second kappa shape index (κ2) is 9.62. The van der Waals surface area contributed by atoms with E-state index < -0.39 is 10.0 Å². The van der Waals surface area contributed by atoms with Crippen LogP contribution in [0.4, 0.5) is 0 Å². The van der Waals surface area contributed by atoms with Crippen molar-refractivity contribution in [1.82, 2.24) is 9.62 Å². The standard InChI is InChI=1S/C23H24Cl2N2O5S/c1-32-20-9-7-15(13-27-22(28)16-4-2-3-5-17(16)23(27)29)11-21(20)33(30,31)26-12-14-6-8-18(24)19(25)10-14/h6-11,16-17,26H,2-5,12-13H2,1H3. The van der Waals surface area contributed by atoms with Gasteiger partial charge in [-0.2, -0.15) is 0 Å². The van der Waals surface area contributed by atoms with Gasteiger partial charge in [-0.3, -0.25) is 14.5 Å². The van der Waals surface area contributed by atoms with Crippen LogP contribution in [0.1, 0.15) is 36.8 Å². The first-order valence-electron chi connectivity index (χ1n) is 10.7. The van der Waals surface area contributed by atoms with Gasteiger partial charge >= 0.3 is 0 Å². The molecule has 7 nitrogen and oxygen atoms in total. The summed E-state index contributed by atoms with van der Waals surface area (Å²) in [6.07, 6.45) is 3.35. The second-order valence-corrected chi connectivity index (χ2v) is 10.9. The van der Waals surface area contributed by atoms with Crippen molar-refractivity contribution in [2.45, 2.75) is 43.7 Å². The average molecular weight is 511 g/mol. The predicted octanol–water partition coefficient (Wildman–Crippen LogP) is 4.16. The maximum atomic E-state index is 13.1. The number of nitrogens with one attached hydrogen (secondary N) is 1. The van der Waals surface area contributed by atoms with Crippen molar-refractivity contribution < 1.29 is 22.7 Å². The van der Waals surface area contributed by atoms with Crippen LogP contribution in [-0.4, -0.2) is 32.2 Å². The van der Waals surface area contributed by atoms with Crippen LogP contribution in [0.2, 0.25) is 10.0 Å². The fraction of sp³-hybridized carbons (Fsp3) is 0.391. The van der Waals surface area contributed by atoms with Crippen LogP contribution in [0.3, 0.4) is 0 Å². The molecule has 1 saturated carbocycles. The molecule has 2 unspecified atom stereocenters. The van der Waals surface area contributed by atoms with E-state index in [9.17, 15) is 18.0 Å². The molecule has 2 fully saturated rings. The van der Waals surface area contributed by atoms with Crippen molar-refractivity contribution >= 4 is 45.0 Å². The normalized spacial score (nSPS) is 20.8. The smallest absolute Gasteiger partial charge is 0.244 e. The molecule has 0 aromatic heterocycles. The van der Waals surface area contributed by atoms with Crippen LogP contribution in [0.15, 0.2) is 41.3 Å². The van der Waals surface area contributed by atoms with E-state index in [2.05, 4.69) is 4.72 Å². The highest BCUT2D eigenvalue weighted by Crippen LogP contribution is 2.39. The number of hydrogen-bond donors (Lipinski definition) is 1. The van der Waals surface area contributed by atoms with Crippen LogP contribution in [0.5, 0.6) is 5.75 Å². The molecule has 1 N–H and O–H groups in total. The Bertz CT molecular complexity index is 1180. The third-order valence-corrected chi connectivity index (χ3v) is 8.40. The van der Waals surface area contributed by atoms with Gasteiger partial charge in [-0.1, -0.05) is 48.2 Å². The molecule has 1 heterocycles. The molecular formula is C23H24Cl2N2O5S. The summed E-state index contributed by atoms with van der Waals surface area (Å²) in [7, 11) is -2.59. The van der Waals surface area contributed by atoms with Crippen molar-refractivity contribution in [3.8, 4) is 5.75 Å². The van der Waals surface area contributed by atoms with Crippen molar-refractivity contribution in [3.63, 3.8) is 0 Å². The van der Waals surface area contributed by atoms with E-state index in [0.29, 0.717) is 21.2 Å². The van der Waals surface area contributed by atoms with E-state index in [1.807, 2.05) is 0 Å². The van der Waals surface area contributed by atoms with Crippen molar-refractivity contribution in [2.24, 2.45) is 11.8 Å². The molecule has 2 aliphatic rings. The summed E-state index contributed by atoms with van der Waals surface area (Å²) in [5, 5.41) is 0.706. The molecule has 10 heteroatoms. The molecular weight excluding hydrogens is 487 g/mol. The molecule has 2 atom stereocenters. The minimum atomic E-state index is -3.97. The van der Waals surface area contributed by atoms with E-state index in [1.165, 1.54) is 24.1 Å². The van der Waals surface area contributed by atoms with Crippen molar-refractivity contribution in [2.75, 3.05) is 7.11 Å². The first-order valence-corrected chi connectivity index (χ1v) is 12.9. The zero-order valence-corrected chi connectivity index (χ0v) is 20.3. The molecule has 0 spiro atoms. The molecule has 1 aliphatic carbocycles. The molecule has 0 radical (unpaired) electrons. The number of methoxy groups -OCH3 is 1. The number of carbonyl (C=O) groups excluding carboxylic acids is 2. The zero-order valence-electron chi connectivity index (χ0n) is 18.0. The lowest BCUT2D eigenvalue weighted by Gasteiger charge is -2.19. The van der Waals surface area contributed by atoms with Gasteiger partial charge in [0.2, 0.25) is 21.8 Å². The molecule has 1 aliphatic heterocycles. The van der Waals surface area contributed by atoms with E-state index in [1.54, 1.807) is 24.3 Å². The van der Waals surface area contributed by atoms with Gasteiger partial charge in [0.1, 0.15) is 10.6 Å². The third-order valence-electron chi connectivity index (χ3n) is 6.24. The fourth-order valence-electron chi connectivity index (χ4n) is 4.50. The third kappa shape index (κ3) is 4.89. The largest absolute Gasteiger partial charge is 0.495 e. The first-order chi connectivity index (χ1) is 15.7. The lowest BCUT2D eigenvalue weighted by molar-refractivity contribution is -0.140. The first kappa shape index (κ1) is 24.0. The maximum Gasteiger partial charge on any atom is 0.244 e. The van der Waals surface area contributed by atoms with Crippen molar-refractivity contribution in [3.05, 3.63) is 57.6 Å². The number of halogens is 2. The Balaban J connectivity index is 1.55. The second-order valence-electron chi connectivity index (χ2n) is 8.32. The minimum Gasteiger partial charge on any atom is -0.495 e. The number of nitrogens with zero attached hydrogens (tertiary/aromatic N) is 1. The Labute approximate surface area is 203 Å². The van der Waals surface area contributed by atoms with Gasteiger partial charge in [-0.15, -0.1) is 0 Å². The van der Waals surface area contributed by atoms with Gasteiger partial charge in [0, 0.05) is 6.54 Å². The topological polar surface area (TPSA) is 92.8 Å². The molecule has 2 aromatic rings. The minimum absolute atomic E-state index is 0.000932. The number of benzene rings is 2. The van der Waals surface area contributed by atoms with Crippen LogP contribution < -0.4 is 9.46 Å². The Morgan fingerprint density at radius 2 is 1.61 bits per heavy atom. The van der Waals surface area contributed by atoms with E-state index in [-0.39, 0.29) is 47.4 Å². The number of carbonyl (C=O) groups is 2. The zero-order chi connectivity index (χ0) is 23.8. The highest BCUT2D eigenvalue weighted by Gasteiger charge is 2.47. The molecule has 33 heavy (non-hydrogen) atoms. The molecule has 1 saturated heterocycles. The molecule has 176 valence electrons. The predicted molar refractivity (Wildman–Crippen MR) is 124 cm³/mol. The van der Waals surface area contributed by atoms with Gasteiger partial charge in [0.05, 0.1) is 35.5 Å². The number of sulfonamides is 1. The molecule has 2 aromatic carbocycles. The van der Waals surface area contributed by atoms with Crippen LogP contribution in [0, 0.1) is 11.8 Å². The average Bonchev–Trinajstić information content (AvgIpc) is 3.05. The maximum absolute atomic E-state index is 13.1. The number of ether oxygens (including phenoxy) is 1. The molecule has 0 bridgehead atoms. The Morgan fingerprint density at radius 1 is 0.970 bits per heavy atom. The summed E-state index contributed by atoms with van der Waals surface area (Å²) in [5.41, 5.74) is 1.17. The SMILES string of the molecule is COc1ccc(CN2C(=O)C3CCCCC3C2=O)cc1S(=O)(=O)NCc1ccc(Cl)c(Cl)c1. The number of hydrogen-bond acceptors (Lipinski definition) is 5. The summed E-state index contributed by atoms with van der Waals surface area (Å²) < 4.78 is 33.9. The molecule has 4 rings (SSSR count). The summed E-state index contributed by atoms with van der Waals surface area (Å²) in [6, 6.07) is 9.49. The number of amides is 2. The number of likely N-dealkylation sites (tertiary alicyclic amines) is 1. The lowest BCUT2D eigenvalue weighted by atomic mass is 9.81. The summed E-state index contributed by atoms with van der Waals surface area (Å²) >= 11 is 11.9. The van der Waals surface area contributed by atoms with Gasteiger partial charge in [-0.05, 0) is 48.2 Å². The van der Waals surface area contributed by atoms with Gasteiger partial charge < -0.3 is 4.74 Å². The monoisotopic (exact) mass is 510 g/mol. The highest BCUT2D eigenvalue weighted by molar-refractivity contribution is 7.89. The Hall–Kier alpha value is -2.13. The Morgan fingerprint density at radius 3 is 2.21 bits per heavy atom. The quantitative estimate of drug-likeness (QED) is 0.564. The van der Waals surface area contributed by atoms with Crippen LogP contribution in [0.25, 0.3) is 0 Å². The van der Waals surface area contributed by atoms with Crippen LogP contribution in [-0.2, 0) is 32.7 Å². The van der Waals surface area contributed by atoms with E-state index in [0.717, 1.165) is 25.7 Å². The number of fused-ring (bicyclic) bond motifs is 1. The number of rotatable bonds is 7. The highest BCUT2D eigenvalue weighted by atomic mass is 35.5. The van der Waals surface area contributed by atoms with Crippen molar-refractivity contribution in [1.29, 1.82) is 0 Å². The summed E-state index contributed by atoms with van der Waals surface area (Å²) in [4.78, 5) is 26.8. The van der Waals surface area contributed by atoms with E-state index >= 15 is 0 Å². The summed E-state index contributed by atoms with van der Waals surface area (Å²) in [6.45, 7) is 0.0308. The number of imide groups is 1. The molecule has 2 amide bonds. The summed E-state index contributed by atoms with van der Waals surface area (Å²) in [5.74, 6) is -0.667. The van der Waals surface area contributed by atoms with Crippen LogP contribution >= 0.6 is 23.2 Å². The fourth-order valence-corrected chi connectivity index (χ4v) is 6.06.